The van der Waals surface area contributed by atoms with Crippen LogP contribution < -0.4 is 10.2 Å². The quantitative estimate of drug-likeness (QED) is 0.872. The first-order chi connectivity index (χ1) is 11.2. The third-order valence-corrected chi connectivity index (χ3v) is 4.19. The lowest BCUT2D eigenvalue weighted by Gasteiger charge is -2.29. The zero-order valence-corrected chi connectivity index (χ0v) is 13.7. The fourth-order valence-corrected chi connectivity index (χ4v) is 2.89. The van der Waals surface area contributed by atoms with Gasteiger partial charge in [-0.3, -0.25) is 4.79 Å². The first-order valence-electron chi connectivity index (χ1n) is 7.41. The lowest BCUT2D eigenvalue weighted by atomic mass is 10.3. The Labute approximate surface area is 138 Å². The molecule has 0 radical (unpaired) electrons. The number of amides is 1. The summed E-state index contributed by atoms with van der Waals surface area (Å²) in [6.45, 7) is 4.83. The van der Waals surface area contributed by atoms with Crippen molar-refractivity contribution in [2.75, 3.05) is 36.5 Å². The van der Waals surface area contributed by atoms with Gasteiger partial charge >= 0.3 is 0 Å². The number of hydrogen-bond acceptors (Lipinski definition) is 6. The highest BCUT2D eigenvalue weighted by atomic mass is 32.1. The number of thiazole rings is 1. The largest absolute Gasteiger partial charge is 0.378 e. The van der Waals surface area contributed by atoms with E-state index in [0.29, 0.717) is 18.9 Å². The number of morpholine rings is 1. The molecule has 0 atom stereocenters. The van der Waals surface area contributed by atoms with Crippen molar-refractivity contribution < 1.29 is 9.53 Å². The average Bonchev–Trinajstić information content (AvgIpc) is 3.00. The smallest absolute Gasteiger partial charge is 0.248 e. The standard InChI is InChI=1S/C16H18N4O2S/c1-12-18-13(11-23-12)4-5-15(21)19-14-3-2-6-17-16(14)20-7-9-22-10-8-20/h2-6,11H,7-10H2,1H3,(H,19,21)/b5-4-. The summed E-state index contributed by atoms with van der Waals surface area (Å²) in [5.41, 5.74) is 1.50. The number of carbonyl (C=O) groups excluding carboxylic acids is 1. The molecule has 3 rings (SSSR count). The highest BCUT2D eigenvalue weighted by Gasteiger charge is 2.16. The summed E-state index contributed by atoms with van der Waals surface area (Å²) in [6, 6.07) is 3.67. The molecule has 3 heterocycles. The molecule has 1 N–H and O–H groups in total. The summed E-state index contributed by atoms with van der Waals surface area (Å²) in [4.78, 5) is 22.9. The third-order valence-electron chi connectivity index (χ3n) is 3.40. The number of nitrogens with zero attached hydrogens (tertiary/aromatic N) is 3. The number of aryl methyl sites for hydroxylation is 1. The first kappa shape index (κ1) is 15.6. The molecule has 0 bridgehead atoms. The van der Waals surface area contributed by atoms with Crippen LogP contribution in [0.1, 0.15) is 10.7 Å². The highest BCUT2D eigenvalue weighted by molar-refractivity contribution is 7.09. The van der Waals surface area contributed by atoms with Gasteiger partial charge in [-0.2, -0.15) is 0 Å². The minimum absolute atomic E-state index is 0.196. The molecule has 0 spiro atoms. The van der Waals surface area contributed by atoms with Gasteiger partial charge in [-0.1, -0.05) is 0 Å². The van der Waals surface area contributed by atoms with Gasteiger partial charge in [-0.15, -0.1) is 11.3 Å². The summed E-state index contributed by atoms with van der Waals surface area (Å²) < 4.78 is 5.36. The van der Waals surface area contributed by atoms with E-state index in [1.54, 1.807) is 23.6 Å². The van der Waals surface area contributed by atoms with E-state index in [2.05, 4.69) is 20.2 Å². The highest BCUT2D eigenvalue weighted by Crippen LogP contribution is 2.23. The van der Waals surface area contributed by atoms with Gasteiger partial charge in [-0.05, 0) is 25.1 Å². The van der Waals surface area contributed by atoms with Crippen molar-refractivity contribution in [1.29, 1.82) is 0 Å². The molecule has 0 saturated carbocycles. The number of hydrogen-bond donors (Lipinski definition) is 1. The summed E-state index contributed by atoms with van der Waals surface area (Å²) in [5, 5.41) is 5.79. The van der Waals surface area contributed by atoms with Crippen molar-refractivity contribution in [3.8, 4) is 0 Å². The molecule has 7 heteroatoms. The Morgan fingerprint density at radius 1 is 1.43 bits per heavy atom. The molecule has 2 aromatic heterocycles. The molecular formula is C16H18N4O2S. The number of ether oxygens (including phenoxy) is 1. The summed E-state index contributed by atoms with van der Waals surface area (Å²) >= 11 is 1.56. The van der Waals surface area contributed by atoms with Gasteiger partial charge in [-0.25, -0.2) is 9.97 Å². The summed E-state index contributed by atoms with van der Waals surface area (Å²) in [6.07, 6.45) is 4.93. The molecule has 1 fully saturated rings. The second kappa shape index (κ2) is 7.34. The topological polar surface area (TPSA) is 67.4 Å². The van der Waals surface area contributed by atoms with Crippen molar-refractivity contribution in [1.82, 2.24) is 9.97 Å². The second-order valence-corrected chi connectivity index (χ2v) is 6.15. The van der Waals surface area contributed by atoms with Crippen LogP contribution in [0.5, 0.6) is 0 Å². The van der Waals surface area contributed by atoms with Gasteiger partial charge in [0.1, 0.15) is 0 Å². The lowest BCUT2D eigenvalue weighted by Crippen LogP contribution is -2.37. The molecule has 2 aromatic rings. The van der Waals surface area contributed by atoms with Gasteiger partial charge in [0.2, 0.25) is 5.91 Å². The molecule has 1 saturated heterocycles. The molecule has 1 aliphatic rings. The number of nitrogens with one attached hydrogen (secondary N) is 1. The number of anilines is 2. The van der Waals surface area contributed by atoms with Crippen LogP contribution in [0.2, 0.25) is 0 Å². The van der Waals surface area contributed by atoms with E-state index in [0.717, 1.165) is 29.6 Å². The van der Waals surface area contributed by atoms with Crippen LogP contribution in [0.25, 0.3) is 6.08 Å². The van der Waals surface area contributed by atoms with E-state index < -0.39 is 0 Å². The Morgan fingerprint density at radius 2 is 2.26 bits per heavy atom. The van der Waals surface area contributed by atoms with Crippen molar-refractivity contribution in [2.24, 2.45) is 0 Å². The van der Waals surface area contributed by atoms with Crippen molar-refractivity contribution in [2.45, 2.75) is 6.92 Å². The Bertz CT molecular complexity index is 708. The van der Waals surface area contributed by atoms with E-state index in [-0.39, 0.29) is 5.91 Å². The van der Waals surface area contributed by atoms with Crippen LogP contribution in [-0.2, 0) is 9.53 Å². The molecule has 23 heavy (non-hydrogen) atoms. The van der Waals surface area contributed by atoms with Crippen molar-refractivity contribution in [3.05, 3.63) is 40.5 Å². The van der Waals surface area contributed by atoms with Crippen LogP contribution in [0.4, 0.5) is 11.5 Å². The lowest BCUT2D eigenvalue weighted by molar-refractivity contribution is -0.111. The van der Waals surface area contributed by atoms with Crippen molar-refractivity contribution in [3.63, 3.8) is 0 Å². The van der Waals surface area contributed by atoms with Crippen LogP contribution >= 0.6 is 11.3 Å². The fourth-order valence-electron chi connectivity index (χ4n) is 2.31. The zero-order valence-electron chi connectivity index (χ0n) is 12.9. The minimum Gasteiger partial charge on any atom is -0.378 e. The van der Waals surface area contributed by atoms with Crippen LogP contribution in [0.3, 0.4) is 0 Å². The Kier molecular flexibility index (Phi) is 4.99. The van der Waals surface area contributed by atoms with Gasteiger partial charge < -0.3 is 15.0 Å². The first-order valence-corrected chi connectivity index (χ1v) is 8.29. The Balaban J connectivity index is 1.69. The third kappa shape index (κ3) is 4.14. The van der Waals surface area contributed by atoms with Gasteiger partial charge in [0, 0.05) is 30.7 Å². The normalized spacial score (nSPS) is 15.1. The molecule has 1 amide bonds. The van der Waals surface area contributed by atoms with Crippen LogP contribution in [0, 0.1) is 6.92 Å². The van der Waals surface area contributed by atoms with E-state index in [4.69, 9.17) is 4.74 Å². The SMILES string of the molecule is Cc1nc(/C=C\C(=O)Nc2cccnc2N2CCOCC2)cs1. The number of rotatable bonds is 4. The summed E-state index contributed by atoms with van der Waals surface area (Å²) in [5.74, 6) is 0.584. The predicted octanol–water partition coefficient (Wildman–Crippen LogP) is 2.34. The van der Waals surface area contributed by atoms with Crippen molar-refractivity contribution >= 4 is 34.8 Å². The molecule has 6 nitrogen and oxygen atoms in total. The molecule has 120 valence electrons. The van der Waals surface area contributed by atoms with Crippen LogP contribution in [0.15, 0.2) is 29.8 Å². The van der Waals surface area contributed by atoms with E-state index in [1.165, 1.54) is 6.08 Å². The Hall–Kier alpha value is -2.25. The van der Waals surface area contributed by atoms with Crippen LogP contribution in [-0.4, -0.2) is 42.2 Å². The second-order valence-electron chi connectivity index (χ2n) is 5.09. The monoisotopic (exact) mass is 330 g/mol. The number of carbonyl (C=O) groups is 1. The fraction of sp³-hybridized carbons (Fsp3) is 0.312. The minimum atomic E-state index is -0.196. The van der Waals surface area contributed by atoms with E-state index in [1.807, 2.05) is 24.4 Å². The van der Waals surface area contributed by atoms with Gasteiger partial charge in [0.15, 0.2) is 5.82 Å². The Morgan fingerprint density at radius 3 is 3.00 bits per heavy atom. The summed E-state index contributed by atoms with van der Waals surface area (Å²) in [7, 11) is 0. The molecule has 0 aliphatic carbocycles. The molecule has 1 aliphatic heterocycles. The zero-order chi connectivity index (χ0) is 16.1. The maximum absolute atomic E-state index is 12.1. The predicted molar refractivity (Wildman–Crippen MR) is 91.8 cm³/mol. The molecular weight excluding hydrogens is 312 g/mol. The van der Waals surface area contributed by atoms with E-state index >= 15 is 0 Å². The number of pyridine rings is 1. The van der Waals surface area contributed by atoms with Gasteiger partial charge in [0.05, 0.1) is 29.6 Å². The maximum Gasteiger partial charge on any atom is 0.248 e. The van der Waals surface area contributed by atoms with Gasteiger partial charge in [0.25, 0.3) is 0 Å². The van der Waals surface area contributed by atoms with E-state index in [9.17, 15) is 4.79 Å². The molecule has 0 unspecified atom stereocenters. The molecule has 0 aromatic carbocycles. The maximum atomic E-state index is 12.1. The average molecular weight is 330 g/mol. The number of aromatic nitrogens is 2.